The third-order valence-corrected chi connectivity index (χ3v) is 15.4. The number of aliphatic hydroxyl groups excluding tert-OH is 2. The van der Waals surface area contributed by atoms with Gasteiger partial charge in [0.05, 0.1) is 71.6 Å². The number of ether oxygens (including phenoxy) is 4. The Kier molecular flexibility index (Phi) is 43.1. The Hall–Kier alpha value is -7.07. The average molecular weight is 1390 g/mol. The number of carbonyl (C=O) groups excluding carboxylic acids is 1. The highest BCUT2D eigenvalue weighted by Crippen LogP contribution is 2.28. The quantitative estimate of drug-likeness (QED) is 0.0357. The first-order valence-corrected chi connectivity index (χ1v) is 32.2. The van der Waals surface area contributed by atoms with Crippen molar-refractivity contribution in [2.75, 3.05) is 138 Å². The largest absolute Gasteiger partial charge is 0.462 e. The minimum atomic E-state index is -0.795. The molecule has 542 valence electrons. The summed E-state index contributed by atoms with van der Waals surface area (Å²) in [5.41, 5.74) is 4.70. The molecule has 6 atom stereocenters. The summed E-state index contributed by atoms with van der Waals surface area (Å²) in [7, 11) is 4.30. The highest BCUT2D eigenvalue weighted by molar-refractivity contribution is 6.17. The fraction of sp³-hybridized carbons (Fsp3) is 0.557. The smallest absolute Gasteiger partial charge is 0.342 e. The fourth-order valence-electron chi connectivity index (χ4n) is 10.6. The molecule has 0 radical (unpaired) electrons. The van der Waals surface area contributed by atoms with E-state index in [1.54, 1.807) is 58.2 Å². The van der Waals surface area contributed by atoms with Gasteiger partial charge in [-0.05, 0) is 101 Å². The van der Waals surface area contributed by atoms with Crippen molar-refractivity contribution in [1.29, 1.82) is 0 Å². The lowest BCUT2D eigenvalue weighted by atomic mass is 10.2. The molecular formula is C70H104ClF7N12O7. The molecule has 6 aliphatic heterocycles. The molecule has 12 heterocycles. The summed E-state index contributed by atoms with van der Waals surface area (Å²) in [6.45, 7) is 13.4. The van der Waals surface area contributed by atoms with Gasteiger partial charge in [0.15, 0.2) is 0 Å². The SMILES string of the molecule is C.C.C.CCOC(=O)c1cccnc1F.CCOCc1cccnc1N1CC[C@@H](F)C1.CO.COCc1cccnc1N1CC[C@@H](F)C1.COCc1cccnc1N1CC[C@@H](F)C1.F[C@@H]1CCN(c2ncccc2CCl)C1.F[C@@H]1CCNC1.OCc1cccnc1N1CC[C@@H](F)C1. The van der Waals surface area contributed by atoms with Crippen molar-refractivity contribution >= 4 is 46.7 Å². The number of carbonyl (C=O) groups is 1. The summed E-state index contributed by atoms with van der Waals surface area (Å²) in [6, 6.07) is 21.8. The van der Waals surface area contributed by atoms with E-state index in [-0.39, 0.29) is 41.1 Å². The van der Waals surface area contributed by atoms with Gasteiger partial charge < -0.3 is 59.0 Å². The number of aromatic nitrogens is 6. The molecule has 6 aromatic heterocycles. The van der Waals surface area contributed by atoms with Gasteiger partial charge >= 0.3 is 5.97 Å². The molecule has 12 rings (SSSR count). The molecule has 3 N–H and O–H groups in total. The predicted molar refractivity (Wildman–Crippen MR) is 373 cm³/mol. The molecule has 6 saturated heterocycles. The van der Waals surface area contributed by atoms with Gasteiger partial charge in [-0.1, -0.05) is 52.6 Å². The number of hydrogen-bond acceptors (Lipinski definition) is 19. The Bertz CT molecular complexity index is 2940. The molecule has 0 bridgehead atoms. The van der Waals surface area contributed by atoms with Crippen molar-refractivity contribution in [1.82, 2.24) is 35.2 Å². The Morgan fingerprint density at radius 2 is 0.825 bits per heavy atom. The molecule has 19 nitrogen and oxygen atoms in total. The molecule has 6 fully saturated rings. The second-order valence-corrected chi connectivity index (χ2v) is 22.3. The predicted octanol–water partition coefficient (Wildman–Crippen LogP) is 12.4. The molecule has 6 aromatic rings. The molecule has 0 amide bonds. The van der Waals surface area contributed by atoms with E-state index in [9.17, 15) is 35.5 Å². The number of methoxy groups -OCH3 is 2. The summed E-state index contributed by atoms with van der Waals surface area (Å²) in [4.78, 5) is 45.4. The molecule has 0 spiro atoms. The summed E-state index contributed by atoms with van der Waals surface area (Å²) in [5.74, 6) is 3.10. The lowest BCUT2D eigenvalue weighted by Gasteiger charge is -2.19. The van der Waals surface area contributed by atoms with Crippen molar-refractivity contribution in [3.8, 4) is 0 Å². The van der Waals surface area contributed by atoms with Crippen molar-refractivity contribution in [3.63, 3.8) is 0 Å². The lowest BCUT2D eigenvalue weighted by Crippen LogP contribution is -2.22. The normalized spacial score (nSPS) is 19.4. The van der Waals surface area contributed by atoms with E-state index in [1.807, 2.05) is 86.0 Å². The number of alkyl halides is 7. The van der Waals surface area contributed by atoms with Crippen LogP contribution in [0.4, 0.5) is 59.8 Å². The Labute approximate surface area is 575 Å². The fourth-order valence-corrected chi connectivity index (χ4v) is 10.8. The first-order valence-electron chi connectivity index (χ1n) is 31.6. The molecule has 0 unspecified atom stereocenters. The van der Waals surface area contributed by atoms with Crippen LogP contribution >= 0.6 is 11.6 Å². The van der Waals surface area contributed by atoms with Gasteiger partial charge in [0.25, 0.3) is 0 Å². The zero-order valence-corrected chi connectivity index (χ0v) is 55.2. The van der Waals surface area contributed by atoms with Crippen molar-refractivity contribution in [2.24, 2.45) is 0 Å². The standard InChI is InChI=1S/C12H17FN2O.2C11H15FN2O.C10H12ClFN2.C10H13FN2O.C8H8FNO2.C4H8FN.CH4O.3CH4/c1-2-16-9-10-4-3-6-14-12(10)15-7-5-11(13)8-15;2*1-15-8-9-3-2-5-13-11(9)14-6-4-10(12)7-14;11-6-8-2-1-4-13-10(8)14-5-3-9(12)7-14;11-9-3-5-13(6-9)10-8(7-14)2-1-4-12-10;1-2-12-8(11)6-4-3-5-10-7(6)9;5-4-1-2-6-3-4;1-2;;;/h3-4,6,11H,2,5,7-9H2,1H3;2*2-3,5,10H,4,6-8H2,1H3;1-2,4,9H,3,5-7H2;1-2,4,9,14H,3,5-7H2;3-5H,2H2,1H3;4,6H,1-3H2;2H,1H3;3*1H4/t11-;2*10-;2*9-;;4-;;;;/m11111.1..../s1. The zero-order valence-electron chi connectivity index (χ0n) is 54.4. The number of nitrogens with one attached hydrogen (secondary N) is 1. The van der Waals surface area contributed by atoms with Gasteiger partial charge in [-0.2, -0.15) is 4.39 Å². The Morgan fingerprint density at radius 3 is 1.10 bits per heavy atom. The van der Waals surface area contributed by atoms with Gasteiger partial charge in [-0.25, -0.2) is 61.0 Å². The maximum atomic E-state index is 13.1. The van der Waals surface area contributed by atoms with Crippen LogP contribution in [0.5, 0.6) is 0 Å². The summed E-state index contributed by atoms with van der Waals surface area (Å²) >= 11 is 5.79. The van der Waals surface area contributed by atoms with Crippen LogP contribution < -0.4 is 29.8 Å². The third-order valence-electron chi connectivity index (χ3n) is 15.1. The van der Waals surface area contributed by atoms with Gasteiger partial charge in [-0.3, -0.25) is 0 Å². The second-order valence-electron chi connectivity index (χ2n) is 22.0. The summed E-state index contributed by atoms with van der Waals surface area (Å²) < 4.78 is 110. The van der Waals surface area contributed by atoms with Crippen LogP contribution in [0.1, 0.15) is 113 Å². The highest BCUT2D eigenvalue weighted by atomic mass is 35.5. The van der Waals surface area contributed by atoms with E-state index >= 15 is 0 Å². The summed E-state index contributed by atoms with van der Waals surface area (Å²) in [6.07, 6.45) is 9.34. The molecule has 0 saturated carbocycles. The van der Waals surface area contributed by atoms with Gasteiger partial charge in [-0.15, -0.1) is 11.6 Å². The minimum absolute atomic E-state index is 0. The van der Waals surface area contributed by atoms with Crippen molar-refractivity contribution < 1.29 is 64.7 Å². The topological polar surface area (TPSA) is 200 Å². The van der Waals surface area contributed by atoms with E-state index in [2.05, 4.69) is 40.0 Å². The van der Waals surface area contributed by atoms with Crippen molar-refractivity contribution in [2.45, 2.75) is 144 Å². The number of aliphatic hydroxyl groups is 2. The lowest BCUT2D eigenvalue weighted by molar-refractivity contribution is 0.0519. The monoisotopic (exact) mass is 1390 g/mol. The van der Waals surface area contributed by atoms with Crippen LogP contribution in [0.2, 0.25) is 0 Å². The molecule has 27 heteroatoms. The van der Waals surface area contributed by atoms with Gasteiger partial charge in [0.1, 0.15) is 71.7 Å². The van der Waals surface area contributed by atoms with Crippen molar-refractivity contribution in [3.05, 3.63) is 149 Å². The third kappa shape index (κ3) is 29.1. The van der Waals surface area contributed by atoms with E-state index in [1.165, 1.54) is 18.3 Å². The Balaban J connectivity index is 0.000000385. The first-order chi connectivity index (χ1) is 45.7. The maximum Gasteiger partial charge on any atom is 0.342 e. The highest BCUT2D eigenvalue weighted by Gasteiger charge is 2.29. The van der Waals surface area contributed by atoms with Crippen LogP contribution in [-0.2, 0) is 51.3 Å². The molecule has 97 heavy (non-hydrogen) atoms. The van der Waals surface area contributed by atoms with Gasteiger partial charge in [0.2, 0.25) is 5.95 Å². The number of nitrogens with zero attached hydrogens (tertiary/aromatic N) is 11. The molecule has 0 aromatic carbocycles. The Morgan fingerprint density at radius 1 is 0.495 bits per heavy atom. The van der Waals surface area contributed by atoms with E-state index in [0.717, 1.165) is 96.7 Å². The molecular weight excluding hydrogens is 1290 g/mol. The number of anilines is 5. The van der Waals surface area contributed by atoms with Crippen LogP contribution in [0.15, 0.2) is 110 Å². The number of rotatable bonds is 16. The van der Waals surface area contributed by atoms with Crippen LogP contribution in [0.3, 0.4) is 0 Å². The number of hydrogen-bond donors (Lipinski definition) is 3. The van der Waals surface area contributed by atoms with E-state index in [0.29, 0.717) is 117 Å². The number of halogens is 8. The van der Waals surface area contributed by atoms with E-state index < -0.39 is 48.9 Å². The number of esters is 1. The molecule has 6 aliphatic rings. The minimum Gasteiger partial charge on any atom is -0.462 e. The first kappa shape index (κ1) is 86.0. The summed E-state index contributed by atoms with van der Waals surface area (Å²) in [5, 5.41) is 19.0. The van der Waals surface area contributed by atoms with E-state index in [4.69, 9.17) is 36.0 Å². The van der Waals surface area contributed by atoms with Gasteiger partial charge in [0, 0.05) is 132 Å². The number of pyridine rings is 6. The van der Waals surface area contributed by atoms with Crippen LogP contribution in [0, 0.1) is 5.95 Å². The second kappa shape index (κ2) is 48.6. The maximum absolute atomic E-state index is 13.1. The average Bonchev–Trinajstić information content (AvgIpc) is 1.85. The molecule has 0 aliphatic carbocycles. The zero-order chi connectivity index (χ0) is 68.0. The van der Waals surface area contributed by atoms with Crippen LogP contribution in [0.25, 0.3) is 0 Å². The van der Waals surface area contributed by atoms with Crippen LogP contribution in [-0.4, -0.2) is 196 Å².